The van der Waals surface area contributed by atoms with E-state index >= 15 is 0 Å². The van der Waals surface area contributed by atoms with Gasteiger partial charge in [-0.1, -0.05) is 11.8 Å². The summed E-state index contributed by atoms with van der Waals surface area (Å²) in [5.41, 5.74) is 0.370. The summed E-state index contributed by atoms with van der Waals surface area (Å²) in [6.45, 7) is 5.46. The van der Waals surface area contributed by atoms with Gasteiger partial charge in [-0.25, -0.2) is 9.97 Å². The summed E-state index contributed by atoms with van der Waals surface area (Å²) in [5, 5.41) is 3.27. The molecule has 11 heteroatoms. The smallest absolute Gasteiger partial charge is 0.406 e. The first-order chi connectivity index (χ1) is 14.2. The van der Waals surface area contributed by atoms with E-state index in [1.165, 1.54) is 30.2 Å². The molecule has 2 unspecified atom stereocenters. The third-order valence-corrected chi connectivity index (χ3v) is 5.02. The number of anilines is 2. The largest absolute Gasteiger partial charge is 0.573 e. The Labute approximate surface area is 176 Å². The van der Waals surface area contributed by atoms with E-state index in [-0.39, 0.29) is 29.6 Å². The molecular formula is C19H21F3N4O3S. The molecule has 2 atom stereocenters. The highest BCUT2D eigenvalue weighted by molar-refractivity contribution is 7.99. The SMILES string of the molecule is CC1CN(c2cc(SCC(=O)Nc3ccc(OC(F)(F)F)cc3)ncn2)CC(C)O1. The number of ether oxygens (including phenoxy) is 2. The van der Waals surface area contributed by atoms with Crippen LogP contribution in [-0.2, 0) is 9.53 Å². The van der Waals surface area contributed by atoms with E-state index in [9.17, 15) is 18.0 Å². The molecule has 1 fully saturated rings. The van der Waals surface area contributed by atoms with Gasteiger partial charge in [-0.2, -0.15) is 0 Å². The first-order valence-electron chi connectivity index (χ1n) is 9.19. The molecule has 2 heterocycles. The van der Waals surface area contributed by atoms with Crippen molar-refractivity contribution >= 4 is 29.2 Å². The zero-order chi connectivity index (χ0) is 21.7. The number of halogens is 3. The molecule has 7 nitrogen and oxygen atoms in total. The first kappa shape index (κ1) is 22.2. The maximum atomic E-state index is 12.2. The zero-order valence-corrected chi connectivity index (χ0v) is 17.2. The summed E-state index contributed by atoms with van der Waals surface area (Å²) in [6.07, 6.45) is -3.11. The Hall–Kier alpha value is -2.53. The van der Waals surface area contributed by atoms with E-state index < -0.39 is 6.36 Å². The highest BCUT2D eigenvalue weighted by atomic mass is 32.2. The first-order valence-corrected chi connectivity index (χ1v) is 10.2. The van der Waals surface area contributed by atoms with Gasteiger partial charge in [0.15, 0.2) is 0 Å². The van der Waals surface area contributed by atoms with Gasteiger partial charge in [0, 0.05) is 24.8 Å². The molecule has 0 bridgehead atoms. The van der Waals surface area contributed by atoms with Crippen LogP contribution < -0.4 is 15.0 Å². The number of nitrogens with zero attached hydrogens (tertiary/aromatic N) is 3. The Morgan fingerprint density at radius 1 is 1.23 bits per heavy atom. The summed E-state index contributed by atoms with van der Waals surface area (Å²) < 4.78 is 46.1. The monoisotopic (exact) mass is 442 g/mol. The lowest BCUT2D eigenvalue weighted by Crippen LogP contribution is -2.45. The van der Waals surface area contributed by atoms with Crippen molar-refractivity contribution < 1.29 is 27.4 Å². The number of carbonyl (C=O) groups is 1. The number of amides is 1. The Morgan fingerprint density at radius 2 is 1.90 bits per heavy atom. The zero-order valence-electron chi connectivity index (χ0n) is 16.3. The Morgan fingerprint density at radius 3 is 2.53 bits per heavy atom. The molecule has 1 aromatic heterocycles. The molecule has 1 aliphatic heterocycles. The topological polar surface area (TPSA) is 76.6 Å². The molecule has 1 N–H and O–H groups in total. The maximum absolute atomic E-state index is 12.2. The number of aromatic nitrogens is 2. The van der Waals surface area contributed by atoms with E-state index in [0.29, 0.717) is 10.7 Å². The van der Waals surface area contributed by atoms with Gasteiger partial charge in [-0.15, -0.1) is 13.2 Å². The second kappa shape index (κ2) is 9.52. The third-order valence-electron chi connectivity index (χ3n) is 4.09. The minimum Gasteiger partial charge on any atom is -0.406 e. The molecule has 0 radical (unpaired) electrons. The fourth-order valence-electron chi connectivity index (χ4n) is 3.02. The predicted molar refractivity (Wildman–Crippen MR) is 107 cm³/mol. The summed E-state index contributed by atoms with van der Waals surface area (Å²) in [7, 11) is 0. The van der Waals surface area contributed by atoms with Crippen LogP contribution in [0.5, 0.6) is 5.75 Å². The molecular weight excluding hydrogens is 421 g/mol. The number of morpholine rings is 1. The van der Waals surface area contributed by atoms with Crippen LogP contribution in [0.4, 0.5) is 24.7 Å². The average Bonchev–Trinajstić information content (AvgIpc) is 2.66. The number of hydrogen-bond acceptors (Lipinski definition) is 7. The average molecular weight is 442 g/mol. The highest BCUT2D eigenvalue weighted by Crippen LogP contribution is 2.25. The molecule has 162 valence electrons. The number of nitrogens with one attached hydrogen (secondary N) is 1. The minimum absolute atomic E-state index is 0.0904. The van der Waals surface area contributed by atoms with E-state index in [2.05, 4.69) is 24.9 Å². The molecule has 1 saturated heterocycles. The molecule has 30 heavy (non-hydrogen) atoms. The quantitative estimate of drug-likeness (QED) is 0.540. The lowest BCUT2D eigenvalue weighted by atomic mass is 10.2. The third kappa shape index (κ3) is 6.77. The van der Waals surface area contributed by atoms with E-state index in [1.807, 2.05) is 19.9 Å². The van der Waals surface area contributed by atoms with Crippen LogP contribution >= 0.6 is 11.8 Å². The number of alkyl halides is 3. The molecule has 1 aliphatic rings. The van der Waals surface area contributed by atoms with E-state index in [4.69, 9.17) is 4.74 Å². The van der Waals surface area contributed by atoms with Crippen molar-refractivity contribution in [1.82, 2.24) is 9.97 Å². The predicted octanol–water partition coefficient (Wildman–Crippen LogP) is 3.72. The fraction of sp³-hybridized carbons (Fsp3) is 0.421. The molecule has 1 amide bonds. The van der Waals surface area contributed by atoms with Crippen molar-refractivity contribution in [2.45, 2.75) is 37.4 Å². The van der Waals surface area contributed by atoms with Crippen LogP contribution in [0.3, 0.4) is 0 Å². The van der Waals surface area contributed by atoms with Crippen molar-refractivity contribution in [3.8, 4) is 5.75 Å². The Balaban J connectivity index is 1.52. The Bertz CT molecular complexity index is 857. The van der Waals surface area contributed by atoms with E-state index in [1.54, 1.807) is 0 Å². The van der Waals surface area contributed by atoms with Crippen molar-refractivity contribution in [2.24, 2.45) is 0 Å². The van der Waals surface area contributed by atoms with Crippen molar-refractivity contribution in [3.05, 3.63) is 36.7 Å². The van der Waals surface area contributed by atoms with Gasteiger partial charge >= 0.3 is 6.36 Å². The van der Waals surface area contributed by atoms with Crippen LogP contribution in [0.15, 0.2) is 41.7 Å². The van der Waals surface area contributed by atoms with Crippen molar-refractivity contribution in [3.63, 3.8) is 0 Å². The number of hydrogen-bond donors (Lipinski definition) is 1. The van der Waals surface area contributed by atoms with Gasteiger partial charge < -0.3 is 19.7 Å². The lowest BCUT2D eigenvalue weighted by Gasteiger charge is -2.36. The molecule has 0 aliphatic carbocycles. The van der Waals surface area contributed by atoms with Crippen LogP contribution in [0.2, 0.25) is 0 Å². The number of rotatable bonds is 6. The second-order valence-electron chi connectivity index (χ2n) is 6.79. The van der Waals surface area contributed by atoms with Gasteiger partial charge in [-0.05, 0) is 38.1 Å². The molecule has 0 saturated carbocycles. The summed E-state index contributed by atoms with van der Waals surface area (Å²) >= 11 is 1.24. The lowest BCUT2D eigenvalue weighted by molar-refractivity contribution is -0.274. The second-order valence-corrected chi connectivity index (χ2v) is 7.78. The van der Waals surface area contributed by atoms with Gasteiger partial charge in [0.1, 0.15) is 22.9 Å². The normalized spacial score (nSPS) is 19.4. The summed E-state index contributed by atoms with van der Waals surface area (Å²) in [5.74, 6) is 0.205. The summed E-state index contributed by atoms with van der Waals surface area (Å²) in [4.78, 5) is 22.8. The number of thioether (sulfide) groups is 1. The Kier molecular flexibility index (Phi) is 7.03. The highest BCUT2D eigenvalue weighted by Gasteiger charge is 2.31. The van der Waals surface area contributed by atoms with Crippen LogP contribution in [0, 0.1) is 0 Å². The van der Waals surface area contributed by atoms with Crippen LogP contribution in [0.25, 0.3) is 0 Å². The van der Waals surface area contributed by atoms with Gasteiger partial charge in [0.05, 0.1) is 18.0 Å². The van der Waals surface area contributed by atoms with Gasteiger partial charge in [0.25, 0.3) is 0 Å². The number of carbonyl (C=O) groups excluding carboxylic acids is 1. The number of benzene rings is 1. The van der Waals surface area contributed by atoms with Crippen molar-refractivity contribution in [1.29, 1.82) is 0 Å². The van der Waals surface area contributed by atoms with Crippen molar-refractivity contribution in [2.75, 3.05) is 29.1 Å². The van der Waals surface area contributed by atoms with Gasteiger partial charge in [0.2, 0.25) is 5.91 Å². The maximum Gasteiger partial charge on any atom is 0.573 e. The molecule has 0 spiro atoms. The molecule has 2 aromatic rings. The van der Waals surface area contributed by atoms with Crippen LogP contribution in [0.1, 0.15) is 13.8 Å². The van der Waals surface area contributed by atoms with E-state index in [0.717, 1.165) is 31.0 Å². The van der Waals surface area contributed by atoms with Crippen LogP contribution in [-0.4, -0.2) is 53.3 Å². The molecule has 3 rings (SSSR count). The standard InChI is InChI=1S/C19H21F3N4O3S/c1-12-8-26(9-13(2)28-12)16-7-18(24-11-23-16)30-10-17(27)25-14-3-5-15(6-4-14)29-19(20,21)22/h3-7,11-13H,8-10H2,1-2H3,(H,25,27). The van der Waals surface area contributed by atoms with Gasteiger partial charge in [-0.3, -0.25) is 4.79 Å². The molecule has 1 aromatic carbocycles. The fourth-order valence-corrected chi connectivity index (χ4v) is 3.68. The summed E-state index contributed by atoms with van der Waals surface area (Å²) in [6, 6.07) is 6.78. The minimum atomic E-state index is -4.75.